The highest BCUT2D eigenvalue weighted by Gasteiger charge is 2.26. The van der Waals surface area contributed by atoms with E-state index in [0.29, 0.717) is 23.1 Å². The molecule has 1 saturated heterocycles. The van der Waals surface area contributed by atoms with Gasteiger partial charge >= 0.3 is 0 Å². The topological polar surface area (TPSA) is 47.1 Å². The summed E-state index contributed by atoms with van der Waals surface area (Å²) in [5, 5.41) is 0.703. The van der Waals surface area contributed by atoms with Crippen LogP contribution in [0.4, 0.5) is 5.95 Å². The van der Waals surface area contributed by atoms with E-state index in [1.54, 1.807) is 0 Å². The number of nitrogen functional groups attached to an aromatic ring is 1. The molecular weight excluding hydrogens is 260 g/mol. The van der Waals surface area contributed by atoms with E-state index in [2.05, 4.69) is 28.4 Å². The molecule has 0 amide bonds. The number of benzene rings is 1. The summed E-state index contributed by atoms with van der Waals surface area (Å²) in [5.74, 6) is 0.596. The molecule has 1 aromatic heterocycles. The van der Waals surface area contributed by atoms with Crippen molar-refractivity contribution in [1.82, 2.24) is 14.5 Å². The Morgan fingerprint density at radius 2 is 2.21 bits per heavy atom. The van der Waals surface area contributed by atoms with Gasteiger partial charge in [0.15, 0.2) is 0 Å². The molecule has 1 aromatic carbocycles. The van der Waals surface area contributed by atoms with Crippen molar-refractivity contribution in [2.45, 2.75) is 31.8 Å². The van der Waals surface area contributed by atoms with Crippen LogP contribution >= 0.6 is 11.6 Å². The van der Waals surface area contributed by atoms with Crippen LogP contribution in [0, 0.1) is 0 Å². The molecule has 0 spiro atoms. The Kier molecular flexibility index (Phi) is 3.15. The van der Waals surface area contributed by atoms with Gasteiger partial charge in [-0.1, -0.05) is 11.6 Å². The molecule has 1 aliphatic heterocycles. The highest BCUT2D eigenvalue weighted by Crippen LogP contribution is 2.32. The standard InChI is InChI=1S/C14H19ClN4/c1-9-7-11(5-6-18(9)2)19-13-4-3-10(15)8-12(13)17-14(19)16/h3-4,8-9,11H,5-7H2,1-2H3,(H2,16,17). The van der Waals surface area contributed by atoms with E-state index in [1.807, 2.05) is 18.2 Å². The van der Waals surface area contributed by atoms with Crippen molar-refractivity contribution in [1.29, 1.82) is 0 Å². The summed E-state index contributed by atoms with van der Waals surface area (Å²) in [5.41, 5.74) is 8.08. The Balaban J connectivity index is 2.03. The predicted molar refractivity (Wildman–Crippen MR) is 79.5 cm³/mol. The average molecular weight is 279 g/mol. The molecule has 2 unspecified atom stereocenters. The van der Waals surface area contributed by atoms with Gasteiger partial charge in [0.1, 0.15) is 0 Å². The highest BCUT2D eigenvalue weighted by molar-refractivity contribution is 6.31. The first-order valence-electron chi connectivity index (χ1n) is 6.69. The largest absolute Gasteiger partial charge is 0.369 e. The second kappa shape index (κ2) is 4.69. The second-order valence-corrected chi connectivity index (χ2v) is 5.92. The highest BCUT2D eigenvalue weighted by atomic mass is 35.5. The van der Waals surface area contributed by atoms with Crippen molar-refractivity contribution >= 4 is 28.6 Å². The molecule has 5 heteroatoms. The summed E-state index contributed by atoms with van der Waals surface area (Å²) in [4.78, 5) is 6.83. The van der Waals surface area contributed by atoms with Crippen LogP contribution in [-0.4, -0.2) is 34.1 Å². The first-order valence-corrected chi connectivity index (χ1v) is 7.07. The number of likely N-dealkylation sites (tertiary alicyclic amines) is 1. The van der Waals surface area contributed by atoms with Crippen molar-refractivity contribution in [3.8, 4) is 0 Å². The lowest BCUT2D eigenvalue weighted by Crippen LogP contribution is -2.38. The molecule has 2 heterocycles. The summed E-state index contributed by atoms with van der Waals surface area (Å²) < 4.78 is 2.18. The quantitative estimate of drug-likeness (QED) is 0.872. The minimum Gasteiger partial charge on any atom is -0.369 e. The number of piperidine rings is 1. The first kappa shape index (κ1) is 12.8. The molecule has 2 atom stereocenters. The number of imidazole rings is 1. The lowest BCUT2D eigenvalue weighted by atomic mass is 9.98. The van der Waals surface area contributed by atoms with Crippen LogP contribution in [0.1, 0.15) is 25.8 Å². The fourth-order valence-electron chi connectivity index (χ4n) is 2.97. The number of rotatable bonds is 1. The first-order chi connectivity index (χ1) is 9.06. The third-order valence-corrected chi connectivity index (χ3v) is 4.46. The van der Waals surface area contributed by atoms with Gasteiger partial charge in [-0.15, -0.1) is 0 Å². The molecule has 0 aliphatic carbocycles. The van der Waals surface area contributed by atoms with Crippen LogP contribution in [-0.2, 0) is 0 Å². The number of nitrogens with zero attached hydrogens (tertiary/aromatic N) is 3. The number of anilines is 1. The van der Waals surface area contributed by atoms with Gasteiger partial charge in [-0.25, -0.2) is 4.98 Å². The lowest BCUT2D eigenvalue weighted by molar-refractivity contribution is 0.159. The van der Waals surface area contributed by atoms with E-state index in [0.717, 1.165) is 30.4 Å². The van der Waals surface area contributed by atoms with E-state index in [1.165, 1.54) is 0 Å². The van der Waals surface area contributed by atoms with Crippen LogP contribution < -0.4 is 5.73 Å². The molecule has 1 fully saturated rings. The summed E-state index contributed by atoms with van der Waals surface area (Å²) in [6.07, 6.45) is 2.22. The van der Waals surface area contributed by atoms with E-state index >= 15 is 0 Å². The van der Waals surface area contributed by atoms with Crippen LogP contribution in [0.15, 0.2) is 18.2 Å². The van der Waals surface area contributed by atoms with Crippen molar-refractivity contribution in [2.24, 2.45) is 0 Å². The molecule has 1 aliphatic rings. The molecule has 0 bridgehead atoms. The molecule has 19 heavy (non-hydrogen) atoms. The van der Waals surface area contributed by atoms with E-state index in [9.17, 15) is 0 Å². The summed E-state index contributed by atoms with van der Waals surface area (Å²) in [7, 11) is 2.18. The Morgan fingerprint density at radius 1 is 1.42 bits per heavy atom. The van der Waals surface area contributed by atoms with Gasteiger partial charge in [-0.05, 0) is 45.0 Å². The van der Waals surface area contributed by atoms with Crippen molar-refractivity contribution < 1.29 is 0 Å². The average Bonchev–Trinajstić information content (AvgIpc) is 2.68. The number of fused-ring (bicyclic) bond motifs is 1. The van der Waals surface area contributed by atoms with Gasteiger partial charge in [0.25, 0.3) is 0 Å². The van der Waals surface area contributed by atoms with Crippen LogP contribution in [0.25, 0.3) is 11.0 Å². The van der Waals surface area contributed by atoms with Crippen LogP contribution in [0.3, 0.4) is 0 Å². The number of hydrogen-bond acceptors (Lipinski definition) is 3. The summed E-state index contributed by atoms with van der Waals surface area (Å²) >= 11 is 6.01. The van der Waals surface area contributed by atoms with Gasteiger partial charge in [0, 0.05) is 23.7 Å². The Morgan fingerprint density at radius 3 is 2.95 bits per heavy atom. The summed E-state index contributed by atoms with van der Waals surface area (Å²) in [6.45, 7) is 3.36. The number of nitrogens with two attached hydrogens (primary N) is 1. The molecule has 2 aromatic rings. The molecular formula is C14H19ClN4. The third-order valence-electron chi connectivity index (χ3n) is 4.22. The van der Waals surface area contributed by atoms with Gasteiger partial charge < -0.3 is 15.2 Å². The molecule has 0 saturated carbocycles. The van der Waals surface area contributed by atoms with E-state index in [4.69, 9.17) is 17.3 Å². The zero-order chi connectivity index (χ0) is 13.6. The Bertz CT molecular complexity index is 607. The third kappa shape index (κ3) is 2.19. The number of hydrogen-bond donors (Lipinski definition) is 1. The molecule has 4 nitrogen and oxygen atoms in total. The van der Waals surface area contributed by atoms with Gasteiger partial charge in [-0.2, -0.15) is 0 Å². The molecule has 2 N–H and O–H groups in total. The number of halogens is 1. The smallest absolute Gasteiger partial charge is 0.201 e. The monoisotopic (exact) mass is 278 g/mol. The predicted octanol–water partition coefficient (Wildman–Crippen LogP) is 2.93. The van der Waals surface area contributed by atoms with Gasteiger partial charge in [0.2, 0.25) is 5.95 Å². The van der Waals surface area contributed by atoms with Crippen molar-refractivity contribution in [3.63, 3.8) is 0 Å². The maximum absolute atomic E-state index is 6.11. The maximum atomic E-state index is 6.11. The molecule has 102 valence electrons. The molecule has 0 radical (unpaired) electrons. The lowest BCUT2D eigenvalue weighted by Gasteiger charge is -2.36. The minimum absolute atomic E-state index is 0.428. The van der Waals surface area contributed by atoms with Gasteiger partial charge in [-0.3, -0.25) is 0 Å². The minimum atomic E-state index is 0.428. The van der Waals surface area contributed by atoms with Crippen LogP contribution in [0.5, 0.6) is 0 Å². The zero-order valence-electron chi connectivity index (χ0n) is 11.3. The van der Waals surface area contributed by atoms with Crippen LogP contribution in [0.2, 0.25) is 5.02 Å². The fourth-order valence-corrected chi connectivity index (χ4v) is 3.14. The van der Waals surface area contributed by atoms with E-state index < -0.39 is 0 Å². The molecule has 3 rings (SSSR count). The Labute approximate surface area is 118 Å². The van der Waals surface area contributed by atoms with Crippen molar-refractivity contribution in [2.75, 3.05) is 19.3 Å². The second-order valence-electron chi connectivity index (χ2n) is 5.48. The maximum Gasteiger partial charge on any atom is 0.201 e. The normalized spacial score (nSPS) is 25.0. The zero-order valence-corrected chi connectivity index (χ0v) is 12.1. The van der Waals surface area contributed by atoms with Gasteiger partial charge in [0.05, 0.1) is 11.0 Å². The van der Waals surface area contributed by atoms with Crippen molar-refractivity contribution in [3.05, 3.63) is 23.2 Å². The number of aromatic nitrogens is 2. The van der Waals surface area contributed by atoms with E-state index in [-0.39, 0.29) is 0 Å². The fraction of sp³-hybridized carbons (Fsp3) is 0.500. The Hall–Kier alpha value is -1.26. The summed E-state index contributed by atoms with van der Waals surface area (Å²) in [6, 6.07) is 6.80. The SMILES string of the molecule is CC1CC(n2c(N)nc3cc(Cl)ccc32)CCN1C.